The highest BCUT2D eigenvalue weighted by molar-refractivity contribution is 7.19. The van der Waals surface area contributed by atoms with Crippen LogP contribution < -0.4 is 5.32 Å². The van der Waals surface area contributed by atoms with E-state index < -0.39 is 0 Å². The van der Waals surface area contributed by atoms with E-state index in [2.05, 4.69) is 29.8 Å². The first kappa shape index (κ1) is 12.8. The van der Waals surface area contributed by atoms with Crippen molar-refractivity contribution in [2.45, 2.75) is 13.0 Å². The molecule has 0 spiro atoms. The highest BCUT2D eigenvalue weighted by Gasteiger charge is 2.16. The van der Waals surface area contributed by atoms with Crippen molar-refractivity contribution < 1.29 is 4.39 Å². The molecule has 1 atom stereocenters. The van der Waals surface area contributed by atoms with Gasteiger partial charge in [-0.3, -0.25) is 0 Å². The van der Waals surface area contributed by atoms with Crippen LogP contribution in [-0.2, 0) is 0 Å². The number of nitrogens with one attached hydrogen (secondary N) is 1. The molecule has 1 aromatic carbocycles. The van der Waals surface area contributed by atoms with Crippen LogP contribution in [0, 0.1) is 12.7 Å². The van der Waals surface area contributed by atoms with Gasteiger partial charge in [-0.1, -0.05) is 0 Å². The largest absolute Gasteiger partial charge is 0.309 e. The summed E-state index contributed by atoms with van der Waals surface area (Å²) in [6.07, 6.45) is 0. The van der Waals surface area contributed by atoms with Crippen molar-refractivity contribution in [3.63, 3.8) is 0 Å². The van der Waals surface area contributed by atoms with Crippen LogP contribution in [0.3, 0.4) is 0 Å². The van der Waals surface area contributed by atoms with Crippen molar-refractivity contribution in [3.05, 3.63) is 56.8 Å². The quantitative estimate of drug-likeness (QED) is 0.736. The lowest BCUT2D eigenvalue weighted by atomic mass is 10.1. The fourth-order valence-corrected chi connectivity index (χ4v) is 4.18. The van der Waals surface area contributed by atoms with Crippen molar-refractivity contribution in [1.29, 1.82) is 0 Å². The molecule has 0 amide bonds. The topological polar surface area (TPSA) is 12.0 Å². The summed E-state index contributed by atoms with van der Waals surface area (Å²) >= 11 is 3.47. The summed E-state index contributed by atoms with van der Waals surface area (Å²) in [5.41, 5.74) is 1.28. The van der Waals surface area contributed by atoms with E-state index in [9.17, 15) is 4.39 Å². The highest BCUT2D eigenvalue weighted by Crippen LogP contribution is 2.34. The van der Waals surface area contributed by atoms with Crippen LogP contribution in [0.4, 0.5) is 4.39 Å². The lowest BCUT2D eigenvalue weighted by Crippen LogP contribution is -2.15. The van der Waals surface area contributed by atoms with E-state index in [-0.39, 0.29) is 11.9 Å². The molecule has 3 rings (SSSR count). The van der Waals surface area contributed by atoms with Gasteiger partial charge in [0, 0.05) is 14.5 Å². The first-order valence-electron chi connectivity index (χ1n) is 6.08. The molecular formula is C15H14FNS2. The van der Waals surface area contributed by atoms with Crippen LogP contribution in [0.1, 0.15) is 21.4 Å². The molecule has 0 saturated carbocycles. The van der Waals surface area contributed by atoms with Crippen LogP contribution in [0.15, 0.2) is 35.7 Å². The average molecular weight is 291 g/mol. The first-order valence-corrected chi connectivity index (χ1v) is 7.78. The number of fused-ring (bicyclic) bond motifs is 1. The smallest absolute Gasteiger partial charge is 0.123 e. The summed E-state index contributed by atoms with van der Waals surface area (Å²) < 4.78 is 14.4. The summed E-state index contributed by atoms with van der Waals surface area (Å²) in [6.45, 7) is 2.11. The summed E-state index contributed by atoms with van der Waals surface area (Å²) in [5.74, 6) is -0.177. The molecule has 0 saturated heterocycles. The van der Waals surface area contributed by atoms with E-state index in [1.165, 1.54) is 21.4 Å². The molecule has 1 unspecified atom stereocenters. The number of hydrogen-bond donors (Lipinski definition) is 1. The standard InChI is InChI=1S/C15H14FNS2/c1-9-5-11(8-18-9)15(17-2)14-7-10-6-12(16)3-4-13(10)19-14/h3-8,15,17H,1-2H3. The maximum atomic E-state index is 13.2. The number of halogens is 1. The Kier molecular flexibility index (Phi) is 3.39. The average Bonchev–Trinajstić information content (AvgIpc) is 2.96. The molecule has 0 aliphatic carbocycles. The molecular weight excluding hydrogens is 277 g/mol. The van der Waals surface area contributed by atoms with Gasteiger partial charge < -0.3 is 5.32 Å². The summed E-state index contributed by atoms with van der Waals surface area (Å²) in [6, 6.07) is 9.44. The normalized spacial score (nSPS) is 13.0. The molecule has 98 valence electrons. The maximum Gasteiger partial charge on any atom is 0.123 e. The molecule has 2 heterocycles. The monoisotopic (exact) mass is 291 g/mol. The molecule has 4 heteroatoms. The van der Waals surface area contributed by atoms with E-state index in [4.69, 9.17) is 0 Å². The van der Waals surface area contributed by atoms with Crippen LogP contribution in [0.25, 0.3) is 10.1 Å². The number of benzene rings is 1. The molecule has 2 aromatic heterocycles. The van der Waals surface area contributed by atoms with Crippen molar-refractivity contribution in [3.8, 4) is 0 Å². The Balaban J connectivity index is 2.06. The maximum absolute atomic E-state index is 13.2. The van der Waals surface area contributed by atoms with Gasteiger partial charge in [0.25, 0.3) is 0 Å². The molecule has 0 aliphatic rings. The van der Waals surface area contributed by atoms with Crippen LogP contribution >= 0.6 is 22.7 Å². The molecule has 1 nitrogen and oxygen atoms in total. The van der Waals surface area contributed by atoms with E-state index in [1.54, 1.807) is 28.7 Å². The zero-order valence-corrected chi connectivity index (χ0v) is 12.4. The van der Waals surface area contributed by atoms with Crippen molar-refractivity contribution in [2.75, 3.05) is 7.05 Å². The Hall–Kier alpha value is -1.23. The number of rotatable bonds is 3. The molecule has 3 aromatic rings. The Morgan fingerprint density at radius 1 is 1.21 bits per heavy atom. The molecule has 0 fully saturated rings. The molecule has 1 N–H and O–H groups in total. The van der Waals surface area contributed by atoms with E-state index in [0.717, 1.165) is 10.1 Å². The SMILES string of the molecule is CNC(c1csc(C)c1)c1cc2cc(F)ccc2s1. The number of thiophene rings is 2. The summed E-state index contributed by atoms with van der Waals surface area (Å²) in [7, 11) is 1.96. The minimum atomic E-state index is -0.177. The highest BCUT2D eigenvalue weighted by atomic mass is 32.1. The third kappa shape index (κ3) is 2.43. The zero-order chi connectivity index (χ0) is 13.4. The van der Waals surface area contributed by atoms with Gasteiger partial charge in [-0.05, 0) is 60.6 Å². The predicted molar refractivity (Wildman–Crippen MR) is 81.7 cm³/mol. The van der Waals surface area contributed by atoms with Crippen molar-refractivity contribution in [2.24, 2.45) is 0 Å². The number of aryl methyl sites for hydroxylation is 1. The third-order valence-electron chi connectivity index (χ3n) is 3.15. The van der Waals surface area contributed by atoms with Gasteiger partial charge in [-0.2, -0.15) is 0 Å². The Morgan fingerprint density at radius 3 is 2.74 bits per heavy atom. The summed E-state index contributed by atoms with van der Waals surface area (Å²) in [4.78, 5) is 2.53. The molecule has 19 heavy (non-hydrogen) atoms. The number of hydrogen-bond acceptors (Lipinski definition) is 3. The Bertz CT molecular complexity index is 714. The van der Waals surface area contributed by atoms with Gasteiger partial charge in [-0.15, -0.1) is 22.7 Å². The lowest BCUT2D eigenvalue weighted by Gasteiger charge is -2.12. The minimum absolute atomic E-state index is 0.177. The predicted octanol–water partition coefficient (Wildman–Crippen LogP) is 4.72. The van der Waals surface area contributed by atoms with Crippen LogP contribution in [0.2, 0.25) is 0 Å². The van der Waals surface area contributed by atoms with Gasteiger partial charge in [0.15, 0.2) is 0 Å². The van der Waals surface area contributed by atoms with Crippen molar-refractivity contribution in [1.82, 2.24) is 5.32 Å². The fourth-order valence-electron chi connectivity index (χ4n) is 2.27. The van der Waals surface area contributed by atoms with E-state index >= 15 is 0 Å². The Labute approximate surface area is 119 Å². The van der Waals surface area contributed by atoms with Gasteiger partial charge in [0.05, 0.1) is 6.04 Å². The van der Waals surface area contributed by atoms with Gasteiger partial charge in [0.1, 0.15) is 5.82 Å². The second-order valence-electron chi connectivity index (χ2n) is 4.54. The second-order valence-corrected chi connectivity index (χ2v) is 6.77. The van der Waals surface area contributed by atoms with E-state index in [1.807, 2.05) is 13.1 Å². The van der Waals surface area contributed by atoms with Gasteiger partial charge >= 0.3 is 0 Å². The fraction of sp³-hybridized carbons (Fsp3) is 0.200. The Morgan fingerprint density at radius 2 is 2.05 bits per heavy atom. The second kappa shape index (κ2) is 5.04. The van der Waals surface area contributed by atoms with E-state index in [0.29, 0.717) is 0 Å². The van der Waals surface area contributed by atoms with Crippen LogP contribution in [-0.4, -0.2) is 7.05 Å². The lowest BCUT2D eigenvalue weighted by molar-refractivity contribution is 0.630. The summed E-state index contributed by atoms with van der Waals surface area (Å²) in [5, 5.41) is 6.51. The minimum Gasteiger partial charge on any atom is -0.309 e. The zero-order valence-electron chi connectivity index (χ0n) is 10.7. The molecule has 0 aliphatic heterocycles. The molecule has 0 radical (unpaired) electrons. The first-order chi connectivity index (χ1) is 9.17. The molecule has 0 bridgehead atoms. The van der Waals surface area contributed by atoms with Gasteiger partial charge in [0.2, 0.25) is 0 Å². The van der Waals surface area contributed by atoms with Gasteiger partial charge in [-0.25, -0.2) is 4.39 Å². The van der Waals surface area contributed by atoms with Crippen molar-refractivity contribution >= 4 is 32.8 Å². The van der Waals surface area contributed by atoms with Crippen LogP contribution in [0.5, 0.6) is 0 Å². The third-order valence-corrected chi connectivity index (χ3v) is 5.22.